The number of ether oxygens (including phenoxy) is 1. The van der Waals surface area contributed by atoms with Crippen molar-refractivity contribution in [1.29, 1.82) is 0 Å². The number of carbonyl (C=O) groups is 2. The maximum atomic E-state index is 13.1. The molecule has 0 fully saturated rings. The molecule has 4 aromatic rings. The number of anilines is 1. The zero-order valence-electron chi connectivity index (χ0n) is 16.9. The van der Waals surface area contributed by atoms with E-state index in [1.54, 1.807) is 18.1 Å². The molecule has 31 heavy (non-hydrogen) atoms. The maximum absolute atomic E-state index is 13.1. The van der Waals surface area contributed by atoms with Crippen molar-refractivity contribution in [3.05, 3.63) is 58.1 Å². The van der Waals surface area contributed by atoms with E-state index in [1.807, 2.05) is 47.2 Å². The van der Waals surface area contributed by atoms with Gasteiger partial charge in [-0.1, -0.05) is 24.3 Å². The van der Waals surface area contributed by atoms with E-state index in [9.17, 15) is 9.59 Å². The van der Waals surface area contributed by atoms with Gasteiger partial charge in [0.2, 0.25) is 5.91 Å². The Morgan fingerprint density at radius 3 is 2.84 bits per heavy atom. The Morgan fingerprint density at radius 2 is 2.06 bits per heavy atom. The van der Waals surface area contributed by atoms with E-state index in [-0.39, 0.29) is 24.8 Å². The second-order valence-electron chi connectivity index (χ2n) is 6.69. The Hall–Kier alpha value is -3.01. The highest BCUT2D eigenvalue weighted by Crippen LogP contribution is 2.32. The summed E-state index contributed by atoms with van der Waals surface area (Å²) in [5, 5.41) is 8.01. The van der Waals surface area contributed by atoms with Gasteiger partial charge in [-0.3, -0.25) is 14.5 Å². The van der Waals surface area contributed by atoms with Gasteiger partial charge in [-0.2, -0.15) is 0 Å². The van der Waals surface area contributed by atoms with E-state index in [2.05, 4.69) is 10.3 Å². The third-order valence-electron chi connectivity index (χ3n) is 4.57. The molecule has 160 valence electrons. The number of thiophene rings is 1. The lowest BCUT2D eigenvalue weighted by molar-refractivity contribution is -0.121. The quantitative estimate of drug-likeness (QED) is 0.378. The van der Waals surface area contributed by atoms with Crippen molar-refractivity contribution >= 4 is 50.6 Å². The second-order valence-corrected chi connectivity index (χ2v) is 8.47. The third kappa shape index (κ3) is 5.01. The van der Waals surface area contributed by atoms with E-state index < -0.39 is 0 Å². The Bertz CT molecular complexity index is 1130. The zero-order chi connectivity index (χ0) is 21.6. The molecule has 1 aromatic carbocycles. The van der Waals surface area contributed by atoms with E-state index in [1.165, 1.54) is 22.7 Å². The van der Waals surface area contributed by atoms with Crippen LogP contribution in [0.25, 0.3) is 22.4 Å². The van der Waals surface area contributed by atoms with Gasteiger partial charge in [0.05, 0.1) is 11.5 Å². The fraction of sp³-hybridized carbons (Fsp3) is 0.227. The van der Waals surface area contributed by atoms with Gasteiger partial charge in [-0.05, 0) is 23.6 Å². The predicted octanol–water partition coefficient (Wildman–Crippen LogP) is 4.42. The number of nitrogens with one attached hydrogen (secondary N) is 1. The van der Waals surface area contributed by atoms with E-state index in [0.29, 0.717) is 34.6 Å². The first-order chi connectivity index (χ1) is 15.2. The molecule has 4 rings (SSSR count). The molecule has 0 bridgehead atoms. The number of hydrogen-bond acceptors (Lipinski definition) is 7. The van der Waals surface area contributed by atoms with Crippen LogP contribution in [0, 0.1) is 0 Å². The molecule has 0 unspecified atom stereocenters. The van der Waals surface area contributed by atoms with Crippen molar-refractivity contribution in [3.8, 4) is 11.5 Å². The Labute approximate surface area is 187 Å². The molecule has 0 aliphatic rings. The van der Waals surface area contributed by atoms with E-state index in [4.69, 9.17) is 9.15 Å². The topological polar surface area (TPSA) is 84.7 Å². The molecule has 0 atom stereocenters. The summed E-state index contributed by atoms with van der Waals surface area (Å²) in [6, 6.07) is 13.3. The number of rotatable bonds is 9. The minimum absolute atomic E-state index is 0.143. The molecule has 0 aliphatic carbocycles. The number of aromatic nitrogens is 1. The van der Waals surface area contributed by atoms with Crippen molar-refractivity contribution < 1.29 is 18.7 Å². The van der Waals surface area contributed by atoms with Crippen LogP contribution >= 0.6 is 22.7 Å². The summed E-state index contributed by atoms with van der Waals surface area (Å²) in [7, 11) is 1.58. The van der Waals surface area contributed by atoms with Gasteiger partial charge in [0.15, 0.2) is 10.9 Å². The molecular formula is C22H21N3O4S2. The highest BCUT2D eigenvalue weighted by molar-refractivity contribution is 7.14. The molecule has 0 saturated heterocycles. The summed E-state index contributed by atoms with van der Waals surface area (Å²) in [6.45, 7) is 1.10. The predicted molar refractivity (Wildman–Crippen MR) is 123 cm³/mol. The first kappa shape index (κ1) is 21.2. The summed E-state index contributed by atoms with van der Waals surface area (Å²) in [6.07, 6.45) is 0.167. The lowest BCUT2D eigenvalue weighted by Crippen LogP contribution is -2.35. The standard InChI is InChI=1S/C22H21N3O4S2/c1-28-11-9-23-20(26)8-10-25(21(27)19-7-4-12-30-19)22-24-16(14-31-22)18-13-15-5-2-3-6-17(15)29-18/h2-7,12-14H,8-11H2,1H3,(H,23,26). The molecule has 0 radical (unpaired) electrons. The molecule has 1 N–H and O–H groups in total. The van der Waals surface area contributed by atoms with Crippen LogP contribution in [0.1, 0.15) is 16.1 Å². The average molecular weight is 456 g/mol. The van der Waals surface area contributed by atoms with Crippen LogP contribution in [0.3, 0.4) is 0 Å². The van der Waals surface area contributed by atoms with Gasteiger partial charge in [0.1, 0.15) is 11.3 Å². The number of benzene rings is 1. The molecule has 7 nitrogen and oxygen atoms in total. The first-order valence-electron chi connectivity index (χ1n) is 9.71. The monoisotopic (exact) mass is 455 g/mol. The Kier molecular flexibility index (Phi) is 6.76. The van der Waals surface area contributed by atoms with E-state index in [0.717, 1.165) is 11.0 Å². The van der Waals surface area contributed by atoms with E-state index >= 15 is 0 Å². The van der Waals surface area contributed by atoms with Crippen molar-refractivity contribution in [2.24, 2.45) is 0 Å². The van der Waals surface area contributed by atoms with Crippen molar-refractivity contribution in [2.45, 2.75) is 6.42 Å². The number of fused-ring (bicyclic) bond motifs is 1. The summed E-state index contributed by atoms with van der Waals surface area (Å²) in [4.78, 5) is 32.0. The van der Waals surface area contributed by atoms with Gasteiger partial charge < -0.3 is 14.5 Å². The number of nitrogens with zero attached hydrogens (tertiary/aromatic N) is 2. The number of methoxy groups -OCH3 is 1. The van der Waals surface area contributed by atoms with Crippen LogP contribution in [0.4, 0.5) is 5.13 Å². The zero-order valence-corrected chi connectivity index (χ0v) is 18.5. The van der Waals surface area contributed by atoms with Gasteiger partial charge >= 0.3 is 0 Å². The van der Waals surface area contributed by atoms with Gasteiger partial charge in [0.25, 0.3) is 5.91 Å². The third-order valence-corrected chi connectivity index (χ3v) is 6.29. The van der Waals surface area contributed by atoms with Crippen LogP contribution in [0.2, 0.25) is 0 Å². The van der Waals surface area contributed by atoms with Crippen LogP contribution in [0.5, 0.6) is 0 Å². The summed E-state index contributed by atoms with van der Waals surface area (Å²) in [5.74, 6) is 0.324. The summed E-state index contributed by atoms with van der Waals surface area (Å²) < 4.78 is 10.8. The van der Waals surface area contributed by atoms with Crippen LogP contribution < -0.4 is 10.2 Å². The molecule has 0 aliphatic heterocycles. The minimum atomic E-state index is -0.176. The van der Waals surface area contributed by atoms with Crippen molar-refractivity contribution in [1.82, 2.24) is 10.3 Å². The molecule has 9 heteroatoms. The second kappa shape index (κ2) is 9.86. The van der Waals surface area contributed by atoms with Crippen molar-refractivity contribution in [2.75, 3.05) is 31.7 Å². The van der Waals surface area contributed by atoms with Crippen LogP contribution in [-0.4, -0.2) is 43.6 Å². The lowest BCUT2D eigenvalue weighted by atomic mass is 10.2. The van der Waals surface area contributed by atoms with Gasteiger partial charge in [-0.25, -0.2) is 4.98 Å². The fourth-order valence-corrected chi connectivity index (χ4v) is 4.53. The van der Waals surface area contributed by atoms with Gasteiger partial charge in [0, 0.05) is 37.4 Å². The van der Waals surface area contributed by atoms with Crippen LogP contribution in [-0.2, 0) is 9.53 Å². The average Bonchev–Trinajstić information content (AvgIpc) is 3.54. The molecule has 0 saturated carbocycles. The molecule has 3 heterocycles. The van der Waals surface area contributed by atoms with Crippen molar-refractivity contribution in [3.63, 3.8) is 0 Å². The number of furan rings is 1. The highest BCUT2D eigenvalue weighted by Gasteiger charge is 2.23. The SMILES string of the molecule is COCCNC(=O)CCN(C(=O)c1cccs1)c1nc(-c2cc3ccccc3o2)cs1. The minimum Gasteiger partial charge on any atom is -0.454 e. The molecule has 2 amide bonds. The Balaban J connectivity index is 1.55. The maximum Gasteiger partial charge on any atom is 0.270 e. The van der Waals surface area contributed by atoms with Gasteiger partial charge in [-0.15, -0.1) is 22.7 Å². The Morgan fingerprint density at radius 1 is 1.19 bits per heavy atom. The number of thiazole rings is 1. The molecular weight excluding hydrogens is 434 g/mol. The molecule has 3 aromatic heterocycles. The lowest BCUT2D eigenvalue weighted by Gasteiger charge is -2.19. The number of amides is 2. The smallest absolute Gasteiger partial charge is 0.270 e. The summed E-state index contributed by atoms with van der Waals surface area (Å²) in [5.41, 5.74) is 1.44. The number of carbonyl (C=O) groups excluding carboxylic acids is 2. The fourth-order valence-electron chi connectivity index (χ4n) is 3.02. The molecule has 0 spiro atoms. The largest absolute Gasteiger partial charge is 0.454 e. The number of para-hydroxylation sites is 1. The normalized spacial score (nSPS) is 11.0. The summed E-state index contributed by atoms with van der Waals surface area (Å²) >= 11 is 2.71. The number of hydrogen-bond donors (Lipinski definition) is 1. The van der Waals surface area contributed by atoms with Crippen LogP contribution in [0.15, 0.2) is 57.6 Å². The first-order valence-corrected chi connectivity index (χ1v) is 11.5. The highest BCUT2D eigenvalue weighted by atomic mass is 32.1.